The van der Waals surface area contributed by atoms with Gasteiger partial charge in [0.2, 0.25) is 21.8 Å². The van der Waals surface area contributed by atoms with Gasteiger partial charge >= 0.3 is 0 Å². The highest BCUT2D eigenvalue weighted by Gasteiger charge is 2.38. The van der Waals surface area contributed by atoms with Crippen molar-refractivity contribution in [2.45, 2.75) is 25.2 Å². The first kappa shape index (κ1) is 21.1. The van der Waals surface area contributed by atoms with Gasteiger partial charge in [0.15, 0.2) is 0 Å². The molecule has 2 saturated heterocycles. The zero-order valence-corrected chi connectivity index (χ0v) is 18.7. The van der Waals surface area contributed by atoms with Crippen LogP contribution in [0.5, 0.6) is 0 Å². The third kappa shape index (κ3) is 3.93. The summed E-state index contributed by atoms with van der Waals surface area (Å²) in [6.07, 6.45) is 0.239. The maximum Gasteiger partial charge on any atom is 0.245 e. The Labute approximate surface area is 180 Å². The molecule has 2 aromatic rings. The van der Waals surface area contributed by atoms with E-state index in [1.807, 2.05) is 13.8 Å². The predicted molar refractivity (Wildman–Crippen MR) is 112 cm³/mol. The summed E-state index contributed by atoms with van der Waals surface area (Å²) in [7, 11) is -3.72. The predicted octanol–water partition coefficient (Wildman–Crippen LogP) is 1.03. The van der Waals surface area contributed by atoms with E-state index < -0.39 is 10.0 Å². The minimum absolute atomic E-state index is 0.0215. The van der Waals surface area contributed by atoms with E-state index in [1.165, 1.54) is 4.31 Å². The van der Waals surface area contributed by atoms with Gasteiger partial charge in [-0.25, -0.2) is 8.42 Å². The van der Waals surface area contributed by atoms with Gasteiger partial charge in [-0.15, -0.1) is 0 Å². The number of hydrogen-bond donors (Lipinski definition) is 0. The van der Waals surface area contributed by atoms with Crippen molar-refractivity contribution >= 4 is 44.6 Å². The number of hydrogen-bond acceptors (Lipinski definition) is 7. The Balaban J connectivity index is 1.41. The first-order valence-electron chi connectivity index (χ1n) is 10.1. The fourth-order valence-electron chi connectivity index (χ4n) is 4.09. The van der Waals surface area contributed by atoms with E-state index >= 15 is 0 Å². The SMILES string of the molecule is CC(C)CN1CC(C(=O)N2CCN(S(=O)(=O)c3cccc4nsnc34)CC2)CC1=O. The summed E-state index contributed by atoms with van der Waals surface area (Å²) in [6.45, 7) is 6.28. The Morgan fingerprint density at radius 1 is 1.20 bits per heavy atom. The van der Waals surface area contributed by atoms with E-state index in [4.69, 9.17) is 0 Å². The van der Waals surface area contributed by atoms with Crippen LogP contribution < -0.4 is 0 Å². The first-order valence-corrected chi connectivity index (χ1v) is 12.2. The van der Waals surface area contributed by atoms with Crippen LogP contribution in [-0.4, -0.2) is 82.4 Å². The van der Waals surface area contributed by atoms with E-state index in [0.717, 1.165) is 11.7 Å². The van der Waals surface area contributed by atoms with Crippen molar-refractivity contribution in [3.8, 4) is 0 Å². The van der Waals surface area contributed by atoms with Gasteiger partial charge in [-0.2, -0.15) is 13.1 Å². The van der Waals surface area contributed by atoms with Crippen LogP contribution in [0.25, 0.3) is 11.0 Å². The molecule has 162 valence electrons. The van der Waals surface area contributed by atoms with Crippen LogP contribution in [0.1, 0.15) is 20.3 Å². The number of aromatic nitrogens is 2. The number of amides is 2. The molecule has 30 heavy (non-hydrogen) atoms. The fraction of sp³-hybridized carbons (Fsp3) is 0.579. The van der Waals surface area contributed by atoms with Crippen molar-refractivity contribution in [3.05, 3.63) is 18.2 Å². The highest BCUT2D eigenvalue weighted by Crippen LogP contribution is 2.26. The molecule has 9 nitrogen and oxygen atoms in total. The first-order chi connectivity index (χ1) is 14.3. The third-order valence-electron chi connectivity index (χ3n) is 5.57. The van der Waals surface area contributed by atoms with Crippen molar-refractivity contribution in [2.24, 2.45) is 11.8 Å². The zero-order valence-electron chi connectivity index (χ0n) is 17.0. The van der Waals surface area contributed by atoms with Crippen LogP contribution in [0.15, 0.2) is 23.1 Å². The zero-order chi connectivity index (χ0) is 21.5. The van der Waals surface area contributed by atoms with Gasteiger partial charge in [-0.3, -0.25) is 9.59 Å². The third-order valence-corrected chi connectivity index (χ3v) is 8.04. The Kier molecular flexibility index (Phi) is 5.78. The number of benzene rings is 1. The number of sulfonamides is 1. The normalized spacial score (nSPS) is 21.2. The molecule has 0 N–H and O–H groups in total. The maximum atomic E-state index is 13.1. The molecule has 0 aliphatic carbocycles. The number of carbonyl (C=O) groups excluding carboxylic acids is 2. The van der Waals surface area contributed by atoms with Crippen LogP contribution >= 0.6 is 11.7 Å². The monoisotopic (exact) mass is 451 g/mol. The Morgan fingerprint density at radius 2 is 1.93 bits per heavy atom. The number of likely N-dealkylation sites (tertiary alicyclic amines) is 1. The molecule has 1 aromatic carbocycles. The highest BCUT2D eigenvalue weighted by atomic mass is 32.2. The molecule has 1 atom stereocenters. The smallest absolute Gasteiger partial charge is 0.245 e. The molecule has 1 aromatic heterocycles. The quantitative estimate of drug-likeness (QED) is 0.673. The molecule has 2 amide bonds. The maximum absolute atomic E-state index is 13.1. The Bertz CT molecular complexity index is 1060. The van der Waals surface area contributed by atoms with Crippen LogP contribution in [0.2, 0.25) is 0 Å². The number of rotatable bonds is 5. The lowest BCUT2D eigenvalue weighted by Gasteiger charge is -2.35. The lowest BCUT2D eigenvalue weighted by atomic mass is 10.1. The summed E-state index contributed by atoms with van der Waals surface area (Å²) in [6, 6.07) is 4.94. The Morgan fingerprint density at radius 3 is 2.63 bits per heavy atom. The van der Waals surface area contributed by atoms with Crippen molar-refractivity contribution in [1.82, 2.24) is 22.9 Å². The van der Waals surface area contributed by atoms with Gasteiger partial charge < -0.3 is 9.80 Å². The van der Waals surface area contributed by atoms with E-state index in [0.29, 0.717) is 43.1 Å². The number of piperazine rings is 1. The fourth-order valence-corrected chi connectivity index (χ4v) is 6.27. The number of nitrogens with zero attached hydrogens (tertiary/aromatic N) is 5. The summed E-state index contributed by atoms with van der Waals surface area (Å²) in [4.78, 5) is 28.7. The van der Waals surface area contributed by atoms with Gasteiger partial charge in [0, 0.05) is 45.7 Å². The molecule has 11 heteroatoms. The second kappa shape index (κ2) is 8.20. The lowest BCUT2D eigenvalue weighted by Crippen LogP contribution is -2.52. The van der Waals surface area contributed by atoms with Gasteiger partial charge in [0.25, 0.3) is 0 Å². The van der Waals surface area contributed by atoms with Crippen molar-refractivity contribution < 1.29 is 18.0 Å². The minimum Gasteiger partial charge on any atom is -0.342 e. The van der Waals surface area contributed by atoms with E-state index in [1.54, 1.807) is 28.0 Å². The number of carbonyl (C=O) groups is 2. The second-order valence-corrected chi connectivity index (χ2v) is 10.6. The molecule has 0 bridgehead atoms. The van der Waals surface area contributed by atoms with E-state index in [2.05, 4.69) is 8.75 Å². The summed E-state index contributed by atoms with van der Waals surface area (Å²) < 4.78 is 35.9. The molecule has 4 rings (SSSR count). The molecule has 2 aliphatic rings. The van der Waals surface area contributed by atoms with E-state index in [-0.39, 0.29) is 42.1 Å². The second-order valence-electron chi connectivity index (χ2n) is 8.21. The van der Waals surface area contributed by atoms with Crippen molar-refractivity contribution in [2.75, 3.05) is 39.3 Å². The minimum atomic E-state index is -3.72. The highest BCUT2D eigenvalue weighted by molar-refractivity contribution is 7.89. The average molecular weight is 452 g/mol. The summed E-state index contributed by atoms with van der Waals surface area (Å²) >= 11 is 0.985. The largest absolute Gasteiger partial charge is 0.342 e. The van der Waals surface area contributed by atoms with Gasteiger partial charge in [0.05, 0.1) is 17.6 Å². The van der Waals surface area contributed by atoms with Crippen LogP contribution in [-0.2, 0) is 19.6 Å². The van der Waals surface area contributed by atoms with Crippen LogP contribution in [0.3, 0.4) is 0 Å². The van der Waals surface area contributed by atoms with Gasteiger partial charge in [0.1, 0.15) is 15.9 Å². The Hall–Kier alpha value is -2.11. The summed E-state index contributed by atoms with van der Waals surface area (Å²) in [5.41, 5.74) is 0.947. The average Bonchev–Trinajstić information content (AvgIpc) is 3.33. The molecule has 2 aliphatic heterocycles. The standard InChI is InChI=1S/C19H25N5O4S2/c1-13(2)11-23-12-14(10-17(23)25)19(26)22-6-8-24(9-7-22)30(27,28)16-5-3-4-15-18(16)21-29-20-15/h3-5,13-14H,6-12H2,1-2H3. The molecule has 0 radical (unpaired) electrons. The topological polar surface area (TPSA) is 104 Å². The van der Waals surface area contributed by atoms with Crippen molar-refractivity contribution in [1.29, 1.82) is 0 Å². The summed E-state index contributed by atoms with van der Waals surface area (Å²) in [5, 5.41) is 0. The lowest BCUT2D eigenvalue weighted by molar-refractivity contribution is -0.137. The van der Waals surface area contributed by atoms with E-state index in [9.17, 15) is 18.0 Å². The van der Waals surface area contributed by atoms with Crippen LogP contribution in [0, 0.1) is 11.8 Å². The van der Waals surface area contributed by atoms with Gasteiger partial charge in [-0.1, -0.05) is 19.9 Å². The summed E-state index contributed by atoms with van der Waals surface area (Å²) in [5.74, 6) is -0.0196. The van der Waals surface area contributed by atoms with Crippen LogP contribution in [0.4, 0.5) is 0 Å². The van der Waals surface area contributed by atoms with Gasteiger partial charge in [-0.05, 0) is 18.1 Å². The molecular formula is C19H25N5O4S2. The molecule has 1 unspecified atom stereocenters. The van der Waals surface area contributed by atoms with Crippen molar-refractivity contribution in [3.63, 3.8) is 0 Å². The molecule has 0 saturated carbocycles. The molecule has 3 heterocycles. The molecular weight excluding hydrogens is 426 g/mol. The number of fused-ring (bicyclic) bond motifs is 1. The molecule has 0 spiro atoms. The molecule has 2 fully saturated rings.